The second-order valence-corrected chi connectivity index (χ2v) is 4.95. The Hall–Kier alpha value is -2.38. The van der Waals surface area contributed by atoms with E-state index in [-0.39, 0.29) is 12.5 Å². The van der Waals surface area contributed by atoms with Crippen molar-refractivity contribution in [3.63, 3.8) is 0 Å². The third kappa shape index (κ3) is 3.26. The zero-order valence-electron chi connectivity index (χ0n) is 12.3. The van der Waals surface area contributed by atoms with Crippen molar-refractivity contribution < 1.29 is 24.5 Å². The normalized spacial score (nSPS) is 13.6. The summed E-state index contributed by atoms with van der Waals surface area (Å²) in [6.45, 7) is 1.28. The molecule has 1 aromatic heterocycles. The number of H-pyrrole nitrogens is 1. The number of hydrogen-bond acceptors (Lipinski definition) is 5. The number of ether oxygens (including phenoxy) is 1. The molecule has 1 aromatic carbocycles. The Kier molecular flexibility index (Phi) is 4.79. The highest BCUT2D eigenvalue weighted by molar-refractivity contribution is 5.95. The molecular formula is C15H18N2O5. The Morgan fingerprint density at radius 1 is 1.36 bits per heavy atom. The highest BCUT2D eigenvalue weighted by Gasteiger charge is 2.22. The second-order valence-electron chi connectivity index (χ2n) is 4.95. The predicted molar refractivity (Wildman–Crippen MR) is 79.3 cm³/mol. The lowest BCUT2D eigenvalue weighted by atomic mass is 10.0. The number of aromatic amines is 1. The molecule has 0 aliphatic heterocycles. The summed E-state index contributed by atoms with van der Waals surface area (Å²) in [5.41, 5.74) is 1.52. The maximum atomic E-state index is 11.5. The molecule has 22 heavy (non-hydrogen) atoms. The molecule has 2 rings (SSSR count). The number of nitrogens with one attached hydrogen (secondary N) is 2. The van der Waals surface area contributed by atoms with Crippen LogP contribution in [-0.2, 0) is 9.53 Å². The topological polar surface area (TPSA) is 112 Å². The Morgan fingerprint density at radius 2 is 2.09 bits per heavy atom. The molecule has 0 saturated heterocycles. The minimum Gasteiger partial charge on any atom is -0.465 e. The molecular weight excluding hydrogens is 288 g/mol. The molecule has 0 bridgehead atoms. The van der Waals surface area contributed by atoms with Gasteiger partial charge in [-0.05, 0) is 12.1 Å². The molecule has 4 N–H and O–H groups in total. The van der Waals surface area contributed by atoms with E-state index in [2.05, 4.69) is 15.0 Å². The first kappa shape index (κ1) is 16.0. The molecule has 0 spiro atoms. The zero-order valence-corrected chi connectivity index (χ0v) is 12.3. The molecule has 7 nitrogen and oxygen atoms in total. The first-order valence-electron chi connectivity index (χ1n) is 6.74. The van der Waals surface area contributed by atoms with Crippen LogP contribution in [-0.4, -0.2) is 46.8 Å². The van der Waals surface area contributed by atoms with Crippen molar-refractivity contribution in [2.75, 3.05) is 13.7 Å². The first-order chi connectivity index (χ1) is 10.4. The SMILES string of the molecule is COC(=O)c1ccc2c(C(O)C(O)CNC(C)=O)c[nH]c2c1. The highest BCUT2D eigenvalue weighted by Crippen LogP contribution is 2.27. The van der Waals surface area contributed by atoms with E-state index in [0.29, 0.717) is 22.0 Å². The summed E-state index contributed by atoms with van der Waals surface area (Å²) in [7, 11) is 1.30. The molecule has 1 amide bonds. The zero-order chi connectivity index (χ0) is 16.3. The number of aromatic nitrogens is 1. The van der Waals surface area contributed by atoms with Crippen LogP contribution in [0.1, 0.15) is 28.9 Å². The monoisotopic (exact) mass is 306 g/mol. The van der Waals surface area contributed by atoms with Gasteiger partial charge in [-0.15, -0.1) is 0 Å². The van der Waals surface area contributed by atoms with Gasteiger partial charge in [0.2, 0.25) is 5.91 Å². The van der Waals surface area contributed by atoms with Crippen molar-refractivity contribution in [2.45, 2.75) is 19.1 Å². The van der Waals surface area contributed by atoms with Crippen molar-refractivity contribution in [3.05, 3.63) is 35.5 Å². The molecule has 0 saturated carbocycles. The summed E-state index contributed by atoms with van der Waals surface area (Å²) >= 11 is 0. The number of esters is 1. The molecule has 0 fully saturated rings. The van der Waals surface area contributed by atoms with Crippen molar-refractivity contribution >= 4 is 22.8 Å². The fourth-order valence-electron chi connectivity index (χ4n) is 2.21. The van der Waals surface area contributed by atoms with Crippen LogP contribution >= 0.6 is 0 Å². The number of fused-ring (bicyclic) bond motifs is 1. The van der Waals surface area contributed by atoms with Crippen LogP contribution in [0, 0.1) is 0 Å². The Labute approximate surface area is 126 Å². The summed E-state index contributed by atoms with van der Waals surface area (Å²) in [5.74, 6) is -0.739. The first-order valence-corrected chi connectivity index (χ1v) is 6.74. The van der Waals surface area contributed by atoms with Gasteiger partial charge in [-0.3, -0.25) is 4.79 Å². The van der Waals surface area contributed by atoms with Gasteiger partial charge >= 0.3 is 5.97 Å². The fraction of sp³-hybridized carbons (Fsp3) is 0.333. The third-order valence-corrected chi connectivity index (χ3v) is 3.38. The Balaban J connectivity index is 2.25. The van der Waals surface area contributed by atoms with Gasteiger partial charge in [0.1, 0.15) is 12.2 Å². The van der Waals surface area contributed by atoms with Crippen LogP contribution in [0.3, 0.4) is 0 Å². The second kappa shape index (κ2) is 6.59. The van der Waals surface area contributed by atoms with Crippen LogP contribution in [0.4, 0.5) is 0 Å². The van der Waals surface area contributed by atoms with Gasteiger partial charge in [0.05, 0.1) is 12.7 Å². The van der Waals surface area contributed by atoms with E-state index < -0.39 is 18.2 Å². The molecule has 2 atom stereocenters. The van der Waals surface area contributed by atoms with E-state index in [4.69, 9.17) is 0 Å². The number of carbonyl (C=O) groups excluding carboxylic acids is 2. The number of carbonyl (C=O) groups is 2. The summed E-state index contributed by atoms with van der Waals surface area (Å²) in [6.07, 6.45) is -0.735. The molecule has 0 radical (unpaired) electrons. The van der Waals surface area contributed by atoms with E-state index in [0.717, 1.165) is 0 Å². The van der Waals surface area contributed by atoms with Gasteiger partial charge in [-0.2, -0.15) is 0 Å². The Bertz CT molecular complexity index is 694. The molecule has 0 aliphatic carbocycles. The number of aliphatic hydroxyl groups is 2. The van der Waals surface area contributed by atoms with Gasteiger partial charge < -0.3 is 25.3 Å². The van der Waals surface area contributed by atoms with Gasteiger partial charge in [-0.25, -0.2) is 4.79 Å². The number of methoxy groups -OCH3 is 1. The van der Waals surface area contributed by atoms with Gasteiger partial charge in [0.25, 0.3) is 0 Å². The lowest BCUT2D eigenvalue weighted by Crippen LogP contribution is -2.34. The predicted octanol–water partition coefficient (Wildman–Crippen LogP) is 0.485. The van der Waals surface area contributed by atoms with E-state index in [1.165, 1.54) is 14.0 Å². The van der Waals surface area contributed by atoms with Crippen LogP contribution in [0.5, 0.6) is 0 Å². The minimum absolute atomic E-state index is 0.0522. The van der Waals surface area contributed by atoms with Crippen LogP contribution < -0.4 is 5.32 Å². The summed E-state index contributed by atoms with van der Waals surface area (Å²) < 4.78 is 4.65. The lowest BCUT2D eigenvalue weighted by molar-refractivity contribution is -0.119. The van der Waals surface area contributed by atoms with Crippen molar-refractivity contribution in [2.24, 2.45) is 0 Å². The maximum Gasteiger partial charge on any atom is 0.337 e. The van der Waals surface area contributed by atoms with Crippen molar-refractivity contribution in [1.29, 1.82) is 0 Å². The molecule has 118 valence electrons. The third-order valence-electron chi connectivity index (χ3n) is 3.38. The molecule has 0 aliphatic rings. The molecule has 1 heterocycles. The number of aliphatic hydroxyl groups excluding tert-OH is 2. The Morgan fingerprint density at radius 3 is 2.73 bits per heavy atom. The minimum atomic E-state index is -1.16. The van der Waals surface area contributed by atoms with Crippen molar-refractivity contribution in [3.8, 4) is 0 Å². The van der Waals surface area contributed by atoms with Crippen LogP contribution in [0.2, 0.25) is 0 Å². The van der Waals surface area contributed by atoms with E-state index >= 15 is 0 Å². The quantitative estimate of drug-likeness (QED) is 0.601. The highest BCUT2D eigenvalue weighted by atomic mass is 16.5. The molecule has 2 unspecified atom stereocenters. The van der Waals surface area contributed by atoms with E-state index in [1.54, 1.807) is 24.4 Å². The van der Waals surface area contributed by atoms with Crippen LogP contribution in [0.15, 0.2) is 24.4 Å². The number of benzene rings is 1. The summed E-state index contributed by atoms with van der Waals surface area (Å²) in [5, 5.41) is 23.3. The lowest BCUT2D eigenvalue weighted by Gasteiger charge is -2.17. The maximum absolute atomic E-state index is 11.5. The summed E-state index contributed by atoms with van der Waals surface area (Å²) in [4.78, 5) is 25.3. The van der Waals surface area contributed by atoms with Gasteiger partial charge in [-0.1, -0.05) is 6.07 Å². The average molecular weight is 306 g/mol. The van der Waals surface area contributed by atoms with E-state index in [1.807, 2.05) is 0 Å². The van der Waals surface area contributed by atoms with Crippen LogP contribution in [0.25, 0.3) is 10.9 Å². The standard InChI is InChI=1S/C15H18N2O5/c1-8(18)16-7-13(19)14(20)11-6-17-12-5-9(15(21)22-2)3-4-10(11)12/h3-6,13-14,17,19-20H,7H2,1-2H3,(H,16,18). The number of rotatable bonds is 5. The molecule has 2 aromatic rings. The fourth-order valence-corrected chi connectivity index (χ4v) is 2.21. The number of amides is 1. The largest absolute Gasteiger partial charge is 0.465 e. The van der Waals surface area contributed by atoms with Crippen molar-refractivity contribution in [1.82, 2.24) is 10.3 Å². The van der Waals surface area contributed by atoms with Gasteiger partial charge in [0, 0.05) is 36.1 Å². The smallest absolute Gasteiger partial charge is 0.337 e. The number of hydrogen-bond donors (Lipinski definition) is 4. The van der Waals surface area contributed by atoms with Gasteiger partial charge in [0.15, 0.2) is 0 Å². The van der Waals surface area contributed by atoms with E-state index in [9.17, 15) is 19.8 Å². The summed E-state index contributed by atoms with van der Waals surface area (Å²) in [6, 6.07) is 4.86. The molecule has 7 heteroatoms. The average Bonchev–Trinajstić information content (AvgIpc) is 2.93.